The van der Waals surface area contributed by atoms with Gasteiger partial charge in [0.15, 0.2) is 0 Å². The zero-order valence-electron chi connectivity index (χ0n) is 12.6. The van der Waals surface area contributed by atoms with E-state index >= 15 is 0 Å². The summed E-state index contributed by atoms with van der Waals surface area (Å²) in [4.78, 5) is 11.7. The van der Waals surface area contributed by atoms with E-state index in [1.807, 2.05) is 25.1 Å². The van der Waals surface area contributed by atoms with E-state index in [1.165, 1.54) is 7.11 Å². The lowest BCUT2D eigenvalue weighted by Gasteiger charge is -2.25. The highest BCUT2D eigenvalue weighted by Crippen LogP contribution is 2.29. The molecule has 0 bridgehead atoms. The first-order chi connectivity index (χ1) is 10.1. The predicted molar refractivity (Wildman–Crippen MR) is 81.4 cm³/mol. The van der Waals surface area contributed by atoms with Crippen LogP contribution in [0.5, 0.6) is 0 Å². The van der Waals surface area contributed by atoms with Crippen molar-refractivity contribution in [3.63, 3.8) is 0 Å². The second-order valence-electron chi connectivity index (χ2n) is 4.55. The van der Waals surface area contributed by atoms with Crippen LogP contribution in [0.4, 0.5) is 4.79 Å². The van der Waals surface area contributed by atoms with Gasteiger partial charge in [0.25, 0.3) is 0 Å². The highest BCUT2D eigenvalue weighted by molar-refractivity contribution is 6.31. The van der Waals surface area contributed by atoms with Gasteiger partial charge in [0.05, 0.1) is 0 Å². The summed E-state index contributed by atoms with van der Waals surface area (Å²) in [6, 6.07) is 7.29. The van der Waals surface area contributed by atoms with Crippen LogP contribution in [0.25, 0.3) is 0 Å². The van der Waals surface area contributed by atoms with Crippen LogP contribution in [-0.2, 0) is 14.2 Å². The minimum atomic E-state index is -0.503. The minimum absolute atomic E-state index is 0.0835. The van der Waals surface area contributed by atoms with Gasteiger partial charge in [-0.1, -0.05) is 36.7 Å². The molecule has 0 aliphatic carbocycles. The molecular formula is C15H22ClNO4. The van der Waals surface area contributed by atoms with Crippen molar-refractivity contribution >= 4 is 17.7 Å². The van der Waals surface area contributed by atoms with Crippen LogP contribution >= 0.6 is 11.6 Å². The number of hydrogen-bond donors (Lipinski definition) is 1. The molecule has 1 rings (SSSR count). The zero-order chi connectivity index (χ0) is 15.7. The van der Waals surface area contributed by atoms with E-state index in [-0.39, 0.29) is 6.79 Å². The van der Waals surface area contributed by atoms with E-state index < -0.39 is 18.3 Å². The summed E-state index contributed by atoms with van der Waals surface area (Å²) in [7, 11) is 1.53. The predicted octanol–water partition coefficient (Wildman–Crippen LogP) is 3.53. The van der Waals surface area contributed by atoms with Crippen molar-refractivity contribution in [3.05, 3.63) is 34.9 Å². The molecule has 1 aromatic carbocycles. The molecule has 0 saturated carbocycles. The Morgan fingerprint density at radius 2 is 2.10 bits per heavy atom. The molecule has 0 spiro atoms. The molecule has 0 fully saturated rings. The number of nitrogens with one attached hydrogen (secondary N) is 1. The first-order valence-electron chi connectivity index (χ1n) is 6.89. The van der Waals surface area contributed by atoms with Crippen molar-refractivity contribution < 1.29 is 19.0 Å². The van der Waals surface area contributed by atoms with E-state index in [0.717, 1.165) is 12.0 Å². The number of halogens is 1. The summed E-state index contributed by atoms with van der Waals surface area (Å²) < 4.78 is 15.9. The Balaban J connectivity index is 2.77. The second-order valence-corrected chi connectivity index (χ2v) is 4.96. The maximum absolute atomic E-state index is 11.7. The van der Waals surface area contributed by atoms with Gasteiger partial charge in [-0.15, -0.1) is 0 Å². The van der Waals surface area contributed by atoms with E-state index in [0.29, 0.717) is 11.6 Å². The van der Waals surface area contributed by atoms with Crippen molar-refractivity contribution in [1.82, 2.24) is 5.32 Å². The molecule has 0 unspecified atom stereocenters. The van der Waals surface area contributed by atoms with Crippen molar-refractivity contribution in [2.45, 2.75) is 32.5 Å². The summed E-state index contributed by atoms with van der Waals surface area (Å²) in [6.07, 6.45) is -0.622. The fourth-order valence-corrected chi connectivity index (χ4v) is 2.07. The monoisotopic (exact) mass is 315 g/mol. The SMILES string of the molecule is CCCNC(=O)O[C@H](C)[C@H](OCOC)c1ccccc1Cl. The highest BCUT2D eigenvalue weighted by atomic mass is 35.5. The van der Waals surface area contributed by atoms with Crippen LogP contribution in [0.1, 0.15) is 31.9 Å². The summed E-state index contributed by atoms with van der Waals surface area (Å²) in [6.45, 7) is 4.38. The fraction of sp³-hybridized carbons (Fsp3) is 0.533. The molecule has 0 heterocycles. The Kier molecular flexibility index (Phi) is 8.12. The molecule has 0 aliphatic rings. The smallest absolute Gasteiger partial charge is 0.407 e. The van der Waals surface area contributed by atoms with E-state index in [4.69, 9.17) is 25.8 Å². The topological polar surface area (TPSA) is 56.8 Å². The number of amides is 1. The van der Waals surface area contributed by atoms with Crippen molar-refractivity contribution in [2.75, 3.05) is 20.4 Å². The fourth-order valence-electron chi connectivity index (χ4n) is 1.82. The normalized spacial score (nSPS) is 13.5. The number of carbonyl (C=O) groups is 1. The molecule has 5 nitrogen and oxygen atoms in total. The maximum Gasteiger partial charge on any atom is 0.407 e. The lowest BCUT2D eigenvalue weighted by Crippen LogP contribution is -2.32. The lowest BCUT2D eigenvalue weighted by atomic mass is 10.1. The molecule has 21 heavy (non-hydrogen) atoms. The Hall–Kier alpha value is -1.30. The lowest BCUT2D eigenvalue weighted by molar-refractivity contribution is -0.112. The molecule has 1 amide bonds. The van der Waals surface area contributed by atoms with Crippen LogP contribution in [-0.4, -0.2) is 32.6 Å². The number of ether oxygens (including phenoxy) is 3. The van der Waals surface area contributed by atoms with Gasteiger partial charge in [0, 0.05) is 24.2 Å². The number of methoxy groups -OCH3 is 1. The molecule has 0 aromatic heterocycles. The van der Waals surface area contributed by atoms with Crippen LogP contribution in [0.15, 0.2) is 24.3 Å². The molecule has 6 heteroatoms. The summed E-state index contributed by atoms with van der Waals surface area (Å²) in [5.74, 6) is 0. The number of alkyl carbamates (subject to hydrolysis) is 1. The van der Waals surface area contributed by atoms with E-state index in [1.54, 1.807) is 13.0 Å². The van der Waals surface area contributed by atoms with Crippen molar-refractivity contribution in [1.29, 1.82) is 0 Å². The molecule has 1 aromatic rings. The van der Waals surface area contributed by atoms with Gasteiger partial charge in [0.2, 0.25) is 0 Å². The summed E-state index contributed by atoms with van der Waals surface area (Å²) in [5, 5.41) is 3.22. The van der Waals surface area contributed by atoms with Gasteiger partial charge in [-0.3, -0.25) is 0 Å². The molecular weight excluding hydrogens is 294 g/mol. The Morgan fingerprint density at radius 3 is 2.71 bits per heavy atom. The average molecular weight is 316 g/mol. The highest BCUT2D eigenvalue weighted by Gasteiger charge is 2.25. The largest absolute Gasteiger partial charge is 0.443 e. The number of carbonyl (C=O) groups excluding carboxylic acids is 1. The zero-order valence-corrected chi connectivity index (χ0v) is 13.4. The molecule has 2 atom stereocenters. The number of hydrogen-bond acceptors (Lipinski definition) is 4. The van der Waals surface area contributed by atoms with Gasteiger partial charge >= 0.3 is 6.09 Å². The van der Waals surface area contributed by atoms with Gasteiger partial charge < -0.3 is 19.5 Å². The molecule has 1 N–H and O–H groups in total. The number of benzene rings is 1. The maximum atomic E-state index is 11.7. The number of rotatable bonds is 8. The molecule has 118 valence electrons. The Labute approximate surface area is 130 Å². The van der Waals surface area contributed by atoms with E-state index in [9.17, 15) is 4.79 Å². The van der Waals surface area contributed by atoms with Gasteiger partial charge in [-0.25, -0.2) is 4.79 Å². The standard InChI is InChI=1S/C15H22ClNO4/c1-4-9-17-15(18)21-11(2)14(20-10-19-3)12-7-5-6-8-13(12)16/h5-8,11,14H,4,9-10H2,1-3H3,(H,17,18)/t11-,14+/m1/s1. The van der Waals surface area contributed by atoms with Gasteiger partial charge in [0.1, 0.15) is 19.0 Å². The van der Waals surface area contributed by atoms with Crippen molar-refractivity contribution in [2.24, 2.45) is 0 Å². The first-order valence-corrected chi connectivity index (χ1v) is 7.27. The Morgan fingerprint density at radius 1 is 1.38 bits per heavy atom. The second kappa shape index (κ2) is 9.60. The van der Waals surface area contributed by atoms with Crippen molar-refractivity contribution in [3.8, 4) is 0 Å². The van der Waals surface area contributed by atoms with Crippen LogP contribution in [0.2, 0.25) is 5.02 Å². The molecule has 0 saturated heterocycles. The molecule has 0 aliphatic heterocycles. The minimum Gasteiger partial charge on any atom is -0.443 e. The van der Waals surface area contributed by atoms with Crippen LogP contribution in [0.3, 0.4) is 0 Å². The average Bonchev–Trinajstić information content (AvgIpc) is 2.47. The third kappa shape index (κ3) is 5.91. The van der Waals surface area contributed by atoms with Crippen LogP contribution in [0, 0.1) is 0 Å². The van der Waals surface area contributed by atoms with Crippen LogP contribution < -0.4 is 5.32 Å². The summed E-state index contributed by atoms with van der Waals surface area (Å²) >= 11 is 6.19. The third-order valence-corrected chi connectivity index (χ3v) is 3.16. The third-order valence-electron chi connectivity index (χ3n) is 2.82. The summed E-state index contributed by atoms with van der Waals surface area (Å²) in [5.41, 5.74) is 0.756. The van der Waals surface area contributed by atoms with Gasteiger partial charge in [-0.05, 0) is 19.4 Å². The van der Waals surface area contributed by atoms with E-state index in [2.05, 4.69) is 5.32 Å². The molecule has 0 radical (unpaired) electrons. The van der Waals surface area contributed by atoms with Gasteiger partial charge in [-0.2, -0.15) is 0 Å². The Bertz CT molecular complexity index is 441. The first kappa shape index (κ1) is 17.8. The quantitative estimate of drug-likeness (QED) is 0.746.